The molecule has 2 aromatic rings. The van der Waals surface area contributed by atoms with Crippen LogP contribution in [0.2, 0.25) is 0 Å². The molecule has 0 spiro atoms. The molecule has 0 saturated carbocycles. The zero-order chi connectivity index (χ0) is 12.4. The smallest absolute Gasteiger partial charge is 0.387 e. The van der Waals surface area contributed by atoms with Gasteiger partial charge in [0.05, 0.1) is 5.56 Å². The summed E-state index contributed by atoms with van der Waals surface area (Å²) in [5, 5.41) is 9.49. The van der Waals surface area contributed by atoms with Crippen LogP contribution in [0, 0.1) is 0 Å². The normalized spacial score (nSPS) is 10.8. The van der Waals surface area contributed by atoms with Crippen LogP contribution >= 0.6 is 0 Å². The molecule has 0 radical (unpaired) electrons. The molecule has 0 amide bonds. The second kappa shape index (κ2) is 4.32. The summed E-state index contributed by atoms with van der Waals surface area (Å²) in [6.45, 7) is -2.90. The highest BCUT2D eigenvalue weighted by Gasteiger charge is 2.14. The first-order valence-electron chi connectivity index (χ1n) is 4.69. The van der Waals surface area contributed by atoms with Crippen LogP contribution in [0.15, 0.2) is 34.9 Å². The first kappa shape index (κ1) is 11.3. The van der Waals surface area contributed by atoms with E-state index in [4.69, 9.17) is 10.2 Å². The Morgan fingerprint density at radius 1 is 1.35 bits per heavy atom. The van der Waals surface area contributed by atoms with Crippen molar-refractivity contribution in [2.24, 2.45) is 0 Å². The fourth-order valence-electron chi connectivity index (χ4n) is 1.48. The van der Waals surface area contributed by atoms with Gasteiger partial charge in [0, 0.05) is 0 Å². The van der Waals surface area contributed by atoms with Crippen molar-refractivity contribution in [1.82, 2.24) is 0 Å². The van der Waals surface area contributed by atoms with Gasteiger partial charge in [-0.1, -0.05) is 12.1 Å². The summed E-state index contributed by atoms with van der Waals surface area (Å²) in [6, 6.07) is 5.83. The molecule has 17 heavy (non-hydrogen) atoms. The van der Waals surface area contributed by atoms with Gasteiger partial charge in [-0.15, -0.1) is 0 Å². The maximum absolute atomic E-state index is 12.0. The van der Waals surface area contributed by atoms with Crippen molar-refractivity contribution < 1.29 is 23.0 Å². The lowest BCUT2D eigenvalue weighted by molar-refractivity contribution is -0.0498. The Labute approximate surface area is 95.2 Å². The van der Waals surface area contributed by atoms with Crippen LogP contribution in [0.5, 0.6) is 11.5 Å². The maximum Gasteiger partial charge on any atom is 0.387 e. The minimum absolute atomic E-state index is 0.0108. The molecule has 0 bridgehead atoms. The quantitative estimate of drug-likeness (QED) is 0.866. The highest BCUT2D eigenvalue weighted by atomic mass is 19.3. The number of furan rings is 1. The summed E-state index contributed by atoms with van der Waals surface area (Å²) in [4.78, 5) is 0. The van der Waals surface area contributed by atoms with E-state index in [1.54, 1.807) is 6.07 Å². The Kier molecular flexibility index (Phi) is 2.86. The molecule has 4 nitrogen and oxygen atoms in total. The van der Waals surface area contributed by atoms with E-state index in [-0.39, 0.29) is 22.9 Å². The third-order valence-corrected chi connectivity index (χ3v) is 2.15. The van der Waals surface area contributed by atoms with Gasteiger partial charge in [0.25, 0.3) is 0 Å². The summed E-state index contributed by atoms with van der Waals surface area (Å²) in [7, 11) is 0. The average Bonchev–Trinajstić information content (AvgIpc) is 2.58. The molecule has 6 heteroatoms. The predicted molar refractivity (Wildman–Crippen MR) is 56.9 cm³/mol. The minimum Gasteiger partial charge on any atom is -0.504 e. The number of rotatable bonds is 3. The van der Waals surface area contributed by atoms with Crippen molar-refractivity contribution in [1.29, 1.82) is 0 Å². The first-order valence-corrected chi connectivity index (χ1v) is 4.69. The number of alkyl halides is 2. The first-order chi connectivity index (χ1) is 8.08. The van der Waals surface area contributed by atoms with E-state index in [1.807, 2.05) is 0 Å². The molecule has 2 rings (SSSR count). The van der Waals surface area contributed by atoms with Gasteiger partial charge in [0.2, 0.25) is 5.88 Å². The van der Waals surface area contributed by atoms with Gasteiger partial charge in [-0.05, 0) is 17.7 Å². The van der Waals surface area contributed by atoms with Crippen LogP contribution in [0.4, 0.5) is 14.7 Å². The topological polar surface area (TPSA) is 68.6 Å². The lowest BCUT2D eigenvalue weighted by Crippen LogP contribution is -2.01. The number of anilines is 1. The highest BCUT2D eigenvalue weighted by molar-refractivity contribution is 5.79. The minimum atomic E-state index is -2.90. The largest absolute Gasteiger partial charge is 0.504 e. The monoisotopic (exact) mass is 241 g/mol. The van der Waals surface area contributed by atoms with E-state index in [9.17, 15) is 13.9 Å². The van der Waals surface area contributed by atoms with Crippen molar-refractivity contribution in [2.45, 2.75) is 6.61 Å². The van der Waals surface area contributed by atoms with E-state index in [1.165, 1.54) is 18.2 Å². The zero-order valence-electron chi connectivity index (χ0n) is 8.56. The molecule has 0 aliphatic rings. The van der Waals surface area contributed by atoms with E-state index in [0.717, 1.165) is 6.26 Å². The molecule has 0 aliphatic carbocycles. The Balaban J connectivity index is 2.40. The molecule has 0 atom stereocenters. The number of benzene rings is 1. The molecule has 0 saturated heterocycles. The van der Waals surface area contributed by atoms with E-state index >= 15 is 0 Å². The van der Waals surface area contributed by atoms with Crippen molar-refractivity contribution in [3.63, 3.8) is 0 Å². The third-order valence-electron chi connectivity index (χ3n) is 2.15. The van der Waals surface area contributed by atoms with Gasteiger partial charge in [0.1, 0.15) is 12.0 Å². The number of halogens is 2. The standard InChI is InChI=1S/C11H9F2NO3/c12-11(13)17-7-3-1-2-6(4-7)9-8(15)5-16-10(9)14/h1-5,11,15H,14H2. The van der Waals surface area contributed by atoms with Crippen LogP contribution in [0.25, 0.3) is 11.1 Å². The van der Waals surface area contributed by atoms with Gasteiger partial charge >= 0.3 is 6.61 Å². The van der Waals surface area contributed by atoms with E-state index in [2.05, 4.69) is 4.74 Å². The van der Waals surface area contributed by atoms with E-state index < -0.39 is 6.61 Å². The molecule has 3 N–H and O–H groups in total. The summed E-state index contributed by atoms with van der Waals surface area (Å²) in [6.07, 6.45) is 1.07. The zero-order valence-corrected chi connectivity index (χ0v) is 8.56. The molecule has 1 aromatic carbocycles. The van der Waals surface area contributed by atoms with Gasteiger partial charge in [-0.25, -0.2) is 0 Å². The molecular formula is C11H9F2NO3. The molecule has 1 heterocycles. The number of ether oxygens (including phenoxy) is 1. The maximum atomic E-state index is 12.0. The van der Waals surface area contributed by atoms with Crippen LogP contribution in [-0.2, 0) is 0 Å². The lowest BCUT2D eigenvalue weighted by atomic mass is 10.1. The fraction of sp³-hybridized carbons (Fsp3) is 0.0909. The number of hydrogen-bond acceptors (Lipinski definition) is 4. The molecule has 0 unspecified atom stereocenters. The van der Waals surface area contributed by atoms with E-state index in [0.29, 0.717) is 5.56 Å². The van der Waals surface area contributed by atoms with Gasteiger partial charge in [0.15, 0.2) is 5.75 Å². The lowest BCUT2D eigenvalue weighted by Gasteiger charge is -2.06. The molecular weight excluding hydrogens is 232 g/mol. The molecule has 90 valence electrons. The van der Waals surface area contributed by atoms with Gasteiger partial charge in [-0.2, -0.15) is 8.78 Å². The Morgan fingerprint density at radius 2 is 2.12 bits per heavy atom. The Bertz CT molecular complexity index is 506. The average molecular weight is 241 g/mol. The molecule has 0 fully saturated rings. The molecule has 1 aromatic heterocycles. The van der Waals surface area contributed by atoms with Gasteiger partial charge in [-0.3, -0.25) is 0 Å². The van der Waals surface area contributed by atoms with Gasteiger partial charge < -0.3 is 20.0 Å². The van der Waals surface area contributed by atoms with Crippen molar-refractivity contribution in [3.8, 4) is 22.6 Å². The summed E-state index contributed by atoms with van der Waals surface area (Å²) >= 11 is 0. The SMILES string of the molecule is Nc1occ(O)c1-c1cccc(OC(F)F)c1. The highest BCUT2D eigenvalue weighted by Crippen LogP contribution is 2.37. The van der Waals surface area contributed by atoms with Crippen LogP contribution in [0.3, 0.4) is 0 Å². The van der Waals surface area contributed by atoms with Crippen molar-refractivity contribution in [2.75, 3.05) is 5.73 Å². The van der Waals surface area contributed by atoms with Crippen LogP contribution < -0.4 is 10.5 Å². The Hall–Kier alpha value is -2.24. The molecule has 0 aliphatic heterocycles. The van der Waals surface area contributed by atoms with Crippen LogP contribution in [-0.4, -0.2) is 11.7 Å². The van der Waals surface area contributed by atoms with Crippen molar-refractivity contribution >= 4 is 5.88 Å². The summed E-state index contributed by atoms with van der Waals surface area (Å²) in [5.41, 5.74) is 6.20. The number of nitrogens with two attached hydrogens (primary N) is 1. The van der Waals surface area contributed by atoms with Crippen molar-refractivity contribution in [3.05, 3.63) is 30.5 Å². The summed E-state index contributed by atoms with van der Waals surface area (Å²) in [5.74, 6) is -0.161. The number of nitrogen functional groups attached to an aromatic ring is 1. The second-order valence-electron chi connectivity index (χ2n) is 3.27. The summed E-state index contributed by atoms with van der Waals surface area (Å²) < 4.78 is 33.1. The Morgan fingerprint density at radius 3 is 2.71 bits per heavy atom. The second-order valence-corrected chi connectivity index (χ2v) is 3.27. The third kappa shape index (κ3) is 2.30. The predicted octanol–water partition coefficient (Wildman–Crippen LogP) is 2.84. The fourth-order valence-corrected chi connectivity index (χ4v) is 1.48. The number of hydrogen-bond donors (Lipinski definition) is 2. The number of aromatic hydroxyl groups is 1. The van der Waals surface area contributed by atoms with Crippen LogP contribution in [0.1, 0.15) is 0 Å².